The quantitative estimate of drug-likeness (QED) is 0.401. The zero-order valence-corrected chi connectivity index (χ0v) is 10.6. The van der Waals surface area contributed by atoms with Crippen LogP contribution in [0.3, 0.4) is 0 Å². The van der Waals surface area contributed by atoms with Gasteiger partial charge in [-0.05, 0) is 6.92 Å². The fourth-order valence-corrected chi connectivity index (χ4v) is 1.02. The number of carboxylic acid groups (broad SMARTS) is 1. The van der Waals surface area contributed by atoms with E-state index in [1.807, 2.05) is 14.1 Å². The van der Waals surface area contributed by atoms with E-state index in [2.05, 4.69) is 6.58 Å². The average Bonchev–Trinajstić information content (AvgIpc) is 2.14. The average molecular weight is 247 g/mol. The maximum atomic E-state index is 11.1. The number of likely N-dealkylation sites (N-methyl/N-ethyl adjacent to an activating group) is 1. The number of esters is 1. The minimum absolute atomic E-state index is 0. The van der Waals surface area contributed by atoms with Crippen molar-refractivity contribution in [3.05, 3.63) is 12.2 Å². The lowest BCUT2D eigenvalue weighted by Gasteiger charge is -2.28. The van der Waals surface area contributed by atoms with Crippen LogP contribution < -0.4 is 0 Å². The highest BCUT2D eigenvalue weighted by molar-refractivity contribution is 5.86. The minimum atomic E-state index is -0.815. The number of ether oxygens (including phenoxy) is 1. The lowest BCUT2D eigenvalue weighted by Crippen LogP contribution is -2.44. The lowest BCUT2D eigenvalue weighted by atomic mass is 10.3. The fourth-order valence-electron chi connectivity index (χ4n) is 1.02. The van der Waals surface area contributed by atoms with Crippen LogP contribution in [0.5, 0.6) is 0 Å². The number of rotatable bonds is 7. The molecule has 0 saturated carbocycles. The van der Waals surface area contributed by atoms with Gasteiger partial charge in [-0.1, -0.05) is 6.58 Å². The van der Waals surface area contributed by atoms with Gasteiger partial charge in [-0.25, -0.2) is 4.79 Å². The maximum absolute atomic E-state index is 11.1. The smallest absolute Gasteiger partial charge is 0.333 e. The molecule has 0 amide bonds. The standard InChI is InChI=1S/C11H19NO4.H2O/c1-9(2)11(15)16-8-7-12(3,4)6-5-10(13)14;/h1,5-8H2,2-4H3;1H2. The predicted octanol–water partition coefficient (Wildman–Crippen LogP) is 0.480. The second-order valence-electron chi connectivity index (χ2n) is 4.44. The molecule has 2 N–H and O–H groups in total. The van der Waals surface area contributed by atoms with E-state index in [1.165, 1.54) is 0 Å². The van der Waals surface area contributed by atoms with E-state index < -0.39 is 11.9 Å². The number of hydrogen-bond acceptors (Lipinski definition) is 4. The number of carbonyl (C=O) groups is 2. The number of carbonyl (C=O) groups excluding carboxylic acids is 1. The Balaban J connectivity index is 0. The van der Waals surface area contributed by atoms with Crippen LogP contribution in [0, 0.1) is 0 Å². The Kier molecular flexibility index (Phi) is 8.25. The van der Waals surface area contributed by atoms with Gasteiger partial charge in [0.2, 0.25) is 0 Å². The molecule has 0 spiro atoms. The molecule has 0 aliphatic carbocycles. The molecule has 0 fully saturated rings. The molecular weight excluding hydrogens is 226 g/mol. The van der Waals surface area contributed by atoms with Crippen molar-refractivity contribution in [2.45, 2.75) is 13.3 Å². The highest BCUT2D eigenvalue weighted by Crippen LogP contribution is 2.00. The normalized spacial score (nSPS) is 10.3. The van der Waals surface area contributed by atoms with Crippen LogP contribution in [-0.4, -0.2) is 60.8 Å². The van der Waals surface area contributed by atoms with Gasteiger partial charge in [0.05, 0.1) is 27.1 Å². The molecule has 0 heterocycles. The van der Waals surface area contributed by atoms with Crippen molar-refractivity contribution in [1.82, 2.24) is 0 Å². The van der Waals surface area contributed by atoms with Gasteiger partial charge in [-0.15, -0.1) is 0 Å². The fraction of sp³-hybridized carbons (Fsp3) is 0.636. The van der Waals surface area contributed by atoms with Gasteiger partial charge in [0.25, 0.3) is 0 Å². The van der Waals surface area contributed by atoms with Crippen molar-refractivity contribution in [3.63, 3.8) is 0 Å². The summed E-state index contributed by atoms with van der Waals surface area (Å²) in [4.78, 5) is 21.5. The van der Waals surface area contributed by atoms with E-state index in [9.17, 15) is 9.59 Å². The number of hydrogen-bond donors (Lipinski definition) is 1. The monoisotopic (exact) mass is 247 g/mol. The Bertz CT molecular complexity index is 286. The summed E-state index contributed by atoms with van der Waals surface area (Å²) in [6.07, 6.45) is 0.113. The molecule has 0 aromatic rings. The molecule has 0 aliphatic heterocycles. The first kappa shape index (κ1) is 18.0. The molecule has 0 aromatic carbocycles. The van der Waals surface area contributed by atoms with E-state index >= 15 is 0 Å². The molecule has 0 aromatic heterocycles. The topological polar surface area (TPSA) is 93.6 Å². The van der Waals surface area contributed by atoms with Crippen molar-refractivity contribution in [2.24, 2.45) is 0 Å². The van der Waals surface area contributed by atoms with E-state index in [4.69, 9.17) is 9.84 Å². The Morgan fingerprint density at radius 2 is 1.82 bits per heavy atom. The van der Waals surface area contributed by atoms with Crippen LogP contribution in [-0.2, 0) is 14.3 Å². The largest absolute Gasteiger partial charge is 0.870 e. The Hall–Kier alpha value is -1.40. The molecule has 0 atom stereocenters. The summed E-state index contributed by atoms with van der Waals surface area (Å²) in [6, 6.07) is 0. The molecule has 0 rings (SSSR count). The van der Waals surface area contributed by atoms with Gasteiger partial charge in [-0.3, -0.25) is 4.79 Å². The van der Waals surface area contributed by atoms with Crippen LogP contribution in [0.15, 0.2) is 12.2 Å². The van der Waals surface area contributed by atoms with E-state index in [0.29, 0.717) is 23.1 Å². The van der Waals surface area contributed by atoms with Crippen LogP contribution in [0.4, 0.5) is 0 Å². The number of quaternary nitrogens is 1. The second kappa shape index (κ2) is 7.81. The molecule has 0 bridgehead atoms. The highest BCUT2D eigenvalue weighted by atomic mass is 16.5. The third-order valence-electron chi connectivity index (χ3n) is 2.21. The molecule has 0 aliphatic rings. The first-order valence-electron chi connectivity index (χ1n) is 5.11. The zero-order chi connectivity index (χ0) is 12.8. The summed E-state index contributed by atoms with van der Waals surface area (Å²) >= 11 is 0. The maximum Gasteiger partial charge on any atom is 0.333 e. The predicted molar refractivity (Wildman–Crippen MR) is 61.8 cm³/mol. The summed E-state index contributed by atoms with van der Waals surface area (Å²) in [6.45, 7) is 6.44. The molecular formula is C11H21NO5. The van der Waals surface area contributed by atoms with Crippen LogP contribution >= 0.6 is 0 Å². The summed E-state index contributed by atoms with van der Waals surface area (Å²) in [5, 5.41) is 8.56. The van der Waals surface area contributed by atoms with E-state index in [-0.39, 0.29) is 18.5 Å². The van der Waals surface area contributed by atoms with Crippen molar-refractivity contribution >= 4 is 11.9 Å². The third-order valence-corrected chi connectivity index (χ3v) is 2.21. The van der Waals surface area contributed by atoms with Crippen LogP contribution in [0.2, 0.25) is 0 Å². The Labute approximate surface area is 101 Å². The van der Waals surface area contributed by atoms with Crippen LogP contribution in [0.25, 0.3) is 0 Å². The van der Waals surface area contributed by atoms with E-state index in [1.54, 1.807) is 6.92 Å². The number of aliphatic carboxylic acids is 1. The molecule has 100 valence electrons. The minimum Gasteiger partial charge on any atom is -0.870 e. The highest BCUT2D eigenvalue weighted by Gasteiger charge is 2.17. The summed E-state index contributed by atoms with van der Waals surface area (Å²) < 4.78 is 5.45. The Morgan fingerprint density at radius 1 is 1.29 bits per heavy atom. The van der Waals surface area contributed by atoms with Gasteiger partial charge in [0.15, 0.2) is 0 Å². The zero-order valence-electron chi connectivity index (χ0n) is 10.6. The summed E-state index contributed by atoms with van der Waals surface area (Å²) in [7, 11) is 3.80. The first-order valence-corrected chi connectivity index (χ1v) is 5.11. The van der Waals surface area contributed by atoms with Gasteiger partial charge < -0.3 is 19.8 Å². The van der Waals surface area contributed by atoms with Crippen molar-refractivity contribution < 1.29 is 29.4 Å². The van der Waals surface area contributed by atoms with Crippen LogP contribution in [0.1, 0.15) is 13.3 Å². The van der Waals surface area contributed by atoms with Gasteiger partial charge >= 0.3 is 11.9 Å². The summed E-state index contributed by atoms with van der Waals surface area (Å²) in [5.41, 5.74) is 0.371. The number of nitrogens with zero attached hydrogens (tertiary/aromatic N) is 1. The molecule has 0 radical (unpaired) electrons. The second-order valence-corrected chi connectivity index (χ2v) is 4.44. The first-order chi connectivity index (χ1) is 7.24. The summed E-state index contributed by atoms with van der Waals surface area (Å²) in [5.74, 6) is -1.22. The van der Waals surface area contributed by atoms with Gasteiger partial charge in [0.1, 0.15) is 13.2 Å². The van der Waals surface area contributed by atoms with E-state index in [0.717, 1.165) is 0 Å². The van der Waals surface area contributed by atoms with Gasteiger partial charge in [-0.2, -0.15) is 0 Å². The molecule has 0 saturated heterocycles. The number of carboxylic acids is 1. The van der Waals surface area contributed by atoms with Crippen molar-refractivity contribution in [1.29, 1.82) is 0 Å². The molecule has 17 heavy (non-hydrogen) atoms. The van der Waals surface area contributed by atoms with Crippen molar-refractivity contribution in [2.75, 3.05) is 33.8 Å². The third kappa shape index (κ3) is 9.52. The Morgan fingerprint density at radius 3 is 2.24 bits per heavy atom. The molecule has 6 heteroatoms. The molecule has 0 unspecified atom stereocenters. The lowest BCUT2D eigenvalue weighted by molar-refractivity contribution is -0.889. The molecule has 6 nitrogen and oxygen atoms in total. The van der Waals surface area contributed by atoms with Crippen molar-refractivity contribution in [3.8, 4) is 0 Å². The SMILES string of the molecule is C=C(C)C(=O)OCC[N+](C)(C)CCC(=O)O.[OH-]. The van der Waals surface area contributed by atoms with Gasteiger partial charge in [0, 0.05) is 5.57 Å².